The van der Waals surface area contributed by atoms with Gasteiger partial charge < -0.3 is 10.5 Å². The monoisotopic (exact) mass is 211 g/mol. The molecule has 0 spiro atoms. The predicted octanol–water partition coefficient (Wildman–Crippen LogP) is 2.33. The summed E-state index contributed by atoms with van der Waals surface area (Å²) in [5, 5.41) is 8.87. The third-order valence-electron chi connectivity index (χ3n) is 1.98. The fraction of sp³-hybridized carbons (Fsp3) is 0. The molecule has 4 heteroatoms. The number of nitrogens with two attached hydrogens (primary N) is 1. The highest BCUT2D eigenvalue weighted by molar-refractivity contribution is 5.45. The average molecular weight is 211 g/mol. The second kappa shape index (κ2) is 4.32. The highest BCUT2D eigenvalue weighted by Gasteiger charge is 2.03. The molecule has 0 saturated heterocycles. The second-order valence-electron chi connectivity index (χ2n) is 3.14. The van der Waals surface area contributed by atoms with Gasteiger partial charge in [0.25, 0.3) is 0 Å². The van der Waals surface area contributed by atoms with Gasteiger partial charge in [-0.1, -0.05) is 12.1 Å². The molecule has 0 aliphatic carbocycles. The summed E-state index contributed by atoms with van der Waals surface area (Å²) >= 11 is 0. The van der Waals surface area contributed by atoms with Gasteiger partial charge in [-0.3, -0.25) is 0 Å². The molecule has 0 amide bonds. The van der Waals surface area contributed by atoms with Gasteiger partial charge in [0, 0.05) is 6.07 Å². The third-order valence-corrected chi connectivity index (χ3v) is 1.98. The van der Waals surface area contributed by atoms with Gasteiger partial charge in [0.1, 0.15) is 11.8 Å². The SMILES string of the molecule is N#Cc1ccccc1Oc1ccc(N)cn1. The van der Waals surface area contributed by atoms with E-state index in [1.807, 2.05) is 6.07 Å². The van der Waals surface area contributed by atoms with Crippen LogP contribution in [0.2, 0.25) is 0 Å². The van der Waals surface area contributed by atoms with Crippen LogP contribution in [0.25, 0.3) is 0 Å². The third kappa shape index (κ3) is 2.10. The van der Waals surface area contributed by atoms with Crippen LogP contribution >= 0.6 is 0 Å². The van der Waals surface area contributed by atoms with Crippen molar-refractivity contribution in [1.29, 1.82) is 5.26 Å². The zero-order chi connectivity index (χ0) is 11.4. The van der Waals surface area contributed by atoms with E-state index in [4.69, 9.17) is 15.7 Å². The number of para-hydroxylation sites is 1. The molecule has 4 nitrogen and oxygen atoms in total. The molecule has 2 rings (SSSR count). The first-order valence-electron chi connectivity index (χ1n) is 4.68. The van der Waals surface area contributed by atoms with Gasteiger partial charge in [0.05, 0.1) is 17.4 Å². The van der Waals surface area contributed by atoms with Gasteiger partial charge in [-0.2, -0.15) is 5.26 Å². The lowest BCUT2D eigenvalue weighted by Crippen LogP contribution is -1.91. The van der Waals surface area contributed by atoms with Gasteiger partial charge in [-0.15, -0.1) is 0 Å². The Labute approximate surface area is 92.9 Å². The summed E-state index contributed by atoms with van der Waals surface area (Å²) in [5.74, 6) is 0.902. The number of benzene rings is 1. The smallest absolute Gasteiger partial charge is 0.219 e. The van der Waals surface area contributed by atoms with E-state index < -0.39 is 0 Å². The summed E-state index contributed by atoms with van der Waals surface area (Å²) in [6.45, 7) is 0. The van der Waals surface area contributed by atoms with Crippen LogP contribution in [-0.4, -0.2) is 4.98 Å². The molecule has 0 aliphatic rings. The highest BCUT2D eigenvalue weighted by atomic mass is 16.5. The number of hydrogen-bond acceptors (Lipinski definition) is 4. The Bertz CT molecular complexity index is 529. The zero-order valence-electron chi connectivity index (χ0n) is 8.42. The van der Waals surface area contributed by atoms with Crippen LogP contribution in [0.4, 0.5) is 5.69 Å². The van der Waals surface area contributed by atoms with E-state index >= 15 is 0 Å². The van der Waals surface area contributed by atoms with Crippen molar-refractivity contribution in [3.8, 4) is 17.7 Å². The first-order chi connectivity index (χ1) is 7.79. The maximum Gasteiger partial charge on any atom is 0.219 e. The van der Waals surface area contributed by atoms with E-state index in [1.54, 1.807) is 36.4 Å². The fourth-order valence-electron chi connectivity index (χ4n) is 1.21. The van der Waals surface area contributed by atoms with Crippen LogP contribution in [-0.2, 0) is 0 Å². The van der Waals surface area contributed by atoms with Crippen molar-refractivity contribution in [1.82, 2.24) is 4.98 Å². The van der Waals surface area contributed by atoms with Gasteiger partial charge in [-0.25, -0.2) is 4.98 Å². The van der Waals surface area contributed by atoms with Crippen molar-refractivity contribution in [2.24, 2.45) is 0 Å². The Morgan fingerprint density at radius 1 is 1.19 bits per heavy atom. The number of rotatable bonds is 2. The summed E-state index contributed by atoms with van der Waals surface area (Å²) in [5.41, 5.74) is 6.55. The minimum atomic E-state index is 0.414. The van der Waals surface area contributed by atoms with Gasteiger partial charge in [0.15, 0.2) is 0 Å². The molecule has 1 aromatic carbocycles. The summed E-state index contributed by atoms with van der Waals surface area (Å²) in [6.07, 6.45) is 1.50. The summed E-state index contributed by atoms with van der Waals surface area (Å²) < 4.78 is 5.47. The molecule has 78 valence electrons. The molecular formula is C12H9N3O. The fourth-order valence-corrected chi connectivity index (χ4v) is 1.21. The van der Waals surface area contributed by atoms with Crippen LogP contribution in [0, 0.1) is 11.3 Å². The lowest BCUT2D eigenvalue weighted by molar-refractivity contribution is 0.461. The van der Waals surface area contributed by atoms with Crippen molar-refractivity contribution in [2.75, 3.05) is 5.73 Å². The van der Waals surface area contributed by atoms with E-state index in [1.165, 1.54) is 6.20 Å². The lowest BCUT2D eigenvalue weighted by atomic mass is 10.2. The number of aromatic nitrogens is 1. The minimum absolute atomic E-state index is 0.414. The van der Waals surface area contributed by atoms with Crippen molar-refractivity contribution in [3.05, 3.63) is 48.2 Å². The number of ether oxygens (including phenoxy) is 1. The standard InChI is InChI=1S/C12H9N3O/c13-7-9-3-1-2-4-11(9)16-12-6-5-10(14)8-15-12/h1-6,8H,14H2. The Balaban J connectivity index is 2.27. The molecule has 0 atom stereocenters. The quantitative estimate of drug-likeness (QED) is 0.827. The van der Waals surface area contributed by atoms with Crippen LogP contribution in [0.15, 0.2) is 42.6 Å². The Kier molecular flexibility index (Phi) is 2.70. The summed E-state index contributed by atoms with van der Waals surface area (Å²) in [6, 6.07) is 12.4. The molecule has 0 bridgehead atoms. The van der Waals surface area contributed by atoms with Crippen LogP contribution < -0.4 is 10.5 Å². The van der Waals surface area contributed by atoms with Crippen LogP contribution in [0.1, 0.15) is 5.56 Å². The molecule has 1 aromatic heterocycles. The van der Waals surface area contributed by atoms with E-state index in [2.05, 4.69) is 4.98 Å². The molecular weight excluding hydrogens is 202 g/mol. The van der Waals surface area contributed by atoms with E-state index in [0.29, 0.717) is 22.9 Å². The predicted molar refractivity (Wildman–Crippen MR) is 59.9 cm³/mol. The molecule has 2 N–H and O–H groups in total. The molecule has 0 unspecified atom stereocenters. The molecule has 0 radical (unpaired) electrons. The van der Waals surface area contributed by atoms with E-state index in [-0.39, 0.29) is 0 Å². The Morgan fingerprint density at radius 2 is 2.00 bits per heavy atom. The zero-order valence-corrected chi connectivity index (χ0v) is 8.42. The topological polar surface area (TPSA) is 71.9 Å². The van der Waals surface area contributed by atoms with Gasteiger partial charge in [-0.05, 0) is 18.2 Å². The molecule has 0 saturated carbocycles. The number of hydrogen-bond donors (Lipinski definition) is 1. The number of anilines is 1. The number of nitrogen functional groups attached to an aromatic ring is 1. The van der Waals surface area contributed by atoms with Gasteiger partial charge >= 0.3 is 0 Å². The Hall–Kier alpha value is -2.54. The maximum absolute atomic E-state index is 8.87. The number of pyridine rings is 1. The van der Waals surface area contributed by atoms with Crippen molar-refractivity contribution in [2.45, 2.75) is 0 Å². The maximum atomic E-state index is 8.87. The van der Waals surface area contributed by atoms with Crippen LogP contribution in [0.3, 0.4) is 0 Å². The summed E-state index contributed by atoms with van der Waals surface area (Å²) in [7, 11) is 0. The first-order valence-corrected chi connectivity index (χ1v) is 4.68. The van der Waals surface area contributed by atoms with Gasteiger partial charge in [0.2, 0.25) is 5.88 Å². The number of nitriles is 1. The van der Waals surface area contributed by atoms with Crippen molar-refractivity contribution in [3.63, 3.8) is 0 Å². The molecule has 16 heavy (non-hydrogen) atoms. The van der Waals surface area contributed by atoms with E-state index in [9.17, 15) is 0 Å². The normalized spacial score (nSPS) is 9.44. The van der Waals surface area contributed by atoms with Crippen LogP contribution in [0.5, 0.6) is 11.6 Å². The molecule has 0 fully saturated rings. The lowest BCUT2D eigenvalue weighted by Gasteiger charge is -2.05. The second-order valence-corrected chi connectivity index (χ2v) is 3.14. The summed E-state index contributed by atoms with van der Waals surface area (Å²) in [4.78, 5) is 3.99. The first kappa shape index (κ1) is 9.99. The van der Waals surface area contributed by atoms with E-state index in [0.717, 1.165) is 0 Å². The largest absolute Gasteiger partial charge is 0.438 e. The molecule has 1 heterocycles. The minimum Gasteiger partial charge on any atom is -0.438 e. The van der Waals surface area contributed by atoms with Crippen molar-refractivity contribution >= 4 is 5.69 Å². The van der Waals surface area contributed by atoms with Crippen molar-refractivity contribution < 1.29 is 4.74 Å². The highest BCUT2D eigenvalue weighted by Crippen LogP contribution is 2.23. The molecule has 0 aliphatic heterocycles. The number of nitrogens with zero attached hydrogens (tertiary/aromatic N) is 2. The molecule has 2 aromatic rings. The Morgan fingerprint density at radius 3 is 2.69 bits per heavy atom. The average Bonchev–Trinajstić information content (AvgIpc) is 2.33.